The topological polar surface area (TPSA) is 3.24 Å². The van der Waals surface area contributed by atoms with Crippen LogP contribution >= 0.6 is 0 Å². The van der Waals surface area contributed by atoms with Crippen LogP contribution < -0.4 is 4.90 Å². The third-order valence-corrected chi connectivity index (χ3v) is 12.7. The molecule has 7 aromatic carbocycles. The smallest absolute Gasteiger partial charge is 0.0726 e. The molecule has 55 heavy (non-hydrogen) atoms. The van der Waals surface area contributed by atoms with Crippen molar-refractivity contribution in [3.8, 4) is 33.4 Å². The normalized spacial score (nSPS) is 19.0. The van der Waals surface area contributed by atoms with E-state index in [1.165, 1.54) is 79.2 Å². The van der Waals surface area contributed by atoms with Crippen LogP contribution in [0.15, 0.2) is 152 Å². The lowest BCUT2D eigenvalue weighted by molar-refractivity contribution is 0.588. The molecule has 0 bridgehead atoms. The summed E-state index contributed by atoms with van der Waals surface area (Å²) in [7, 11) is 0. The highest BCUT2D eigenvalue weighted by atomic mass is 15.1. The Labute approximate surface area is 335 Å². The van der Waals surface area contributed by atoms with Gasteiger partial charge in [0.25, 0.3) is 0 Å². The van der Waals surface area contributed by atoms with E-state index in [0.717, 1.165) is 17.1 Å². The lowest BCUT2D eigenvalue weighted by Crippen LogP contribution is -2.27. The Kier molecular flexibility index (Phi) is 5.79. The lowest BCUT2D eigenvalue weighted by Gasteiger charge is -2.33. The molecular weight excluding hydrogens is 663 g/mol. The molecule has 0 N–H and O–H groups in total. The van der Waals surface area contributed by atoms with Crippen molar-refractivity contribution >= 4 is 17.1 Å². The molecule has 270 valence electrons. The zero-order chi connectivity index (χ0) is 43.1. The molecule has 3 aliphatic rings. The minimum atomic E-state index is -2.76. The van der Waals surface area contributed by atoms with Crippen LogP contribution in [0, 0.1) is 0 Å². The summed E-state index contributed by atoms with van der Waals surface area (Å²) in [5.74, 6) is 0. The van der Waals surface area contributed by atoms with E-state index < -0.39 is 24.5 Å². The van der Waals surface area contributed by atoms with E-state index in [9.17, 15) is 0 Å². The van der Waals surface area contributed by atoms with E-state index in [0.29, 0.717) is 0 Å². The summed E-state index contributed by atoms with van der Waals surface area (Å²) in [6.45, 7) is 7.20. The van der Waals surface area contributed by atoms with Crippen LogP contribution in [0.1, 0.15) is 108 Å². The van der Waals surface area contributed by atoms with Gasteiger partial charge in [-0.1, -0.05) is 171 Å². The lowest BCUT2D eigenvalue weighted by atomic mass is 9.69. The van der Waals surface area contributed by atoms with Gasteiger partial charge in [0.15, 0.2) is 0 Å². The summed E-state index contributed by atoms with van der Waals surface area (Å²) in [5, 5.41) is 0. The minimum Gasteiger partial charge on any atom is -0.310 e. The first-order valence-electron chi connectivity index (χ1n) is 22.4. The highest BCUT2D eigenvalue weighted by Crippen LogP contribution is 2.64. The van der Waals surface area contributed by atoms with Gasteiger partial charge >= 0.3 is 0 Å². The van der Waals surface area contributed by atoms with Crippen molar-refractivity contribution in [3.63, 3.8) is 0 Å². The van der Waals surface area contributed by atoms with Gasteiger partial charge in [0.05, 0.1) is 5.41 Å². The molecular formula is C54H49N. The molecule has 10 rings (SSSR count). The van der Waals surface area contributed by atoms with E-state index in [4.69, 9.17) is 8.22 Å². The third-order valence-electron chi connectivity index (χ3n) is 12.7. The number of fused-ring (bicyclic) bond motifs is 13. The van der Waals surface area contributed by atoms with Gasteiger partial charge in [-0.2, -0.15) is 0 Å². The van der Waals surface area contributed by atoms with E-state index in [2.05, 4.69) is 167 Å². The highest BCUT2D eigenvalue weighted by molar-refractivity contribution is 5.96. The van der Waals surface area contributed by atoms with Crippen LogP contribution in [0.25, 0.3) is 33.4 Å². The molecule has 1 heteroatoms. The third kappa shape index (κ3) is 4.72. The number of rotatable bonds is 3. The molecule has 1 unspecified atom stereocenters. The second-order valence-corrected chi connectivity index (χ2v) is 17.5. The monoisotopic (exact) mass is 717 g/mol. The maximum atomic E-state index is 8.37. The van der Waals surface area contributed by atoms with Crippen LogP contribution in [0.2, 0.25) is 0 Å². The number of anilines is 3. The Morgan fingerprint density at radius 3 is 1.38 bits per heavy atom. The van der Waals surface area contributed by atoms with Crippen LogP contribution in [0.4, 0.5) is 17.1 Å². The minimum absolute atomic E-state index is 0.0626. The zero-order valence-electron chi connectivity index (χ0n) is 38.4. The highest BCUT2D eigenvalue weighted by Gasteiger charge is 2.52. The van der Waals surface area contributed by atoms with Crippen molar-refractivity contribution in [2.24, 2.45) is 0 Å². The SMILES string of the molecule is [2H]C([2H])([2H])C(C)(c1ccc(N(c2ccc3c(c2)C(C)(C)c2ccccc2-3)c2ccc3c(c2)C2(c4ccccc4-3)c3ccccc3-c3ccc(C(C)(C)C)cc32)cc1)C([2H])([2H])[2H]. The van der Waals surface area contributed by atoms with Crippen molar-refractivity contribution in [1.29, 1.82) is 0 Å². The van der Waals surface area contributed by atoms with Crippen molar-refractivity contribution in [2.75, 3.05) is 4.90 Å². The summed E-state index contributed by atoms with van der Waals surface area (Å²) in [6.07, 6.45) is 0. The molecule has 0 saturated heterocycles. The molecule has 0 saturated carbocycles. The van der Waals surface area contributed by atoms with Crippen LogP contribution in [0.3, 0.4) is 0 Å². The van der Waals surface area contributed by atoms with Crippen LogP contribution in [-0.4, -0.2) is 0 Å². The summed E-state index contributed by atoms with van der Waals surface area (Å²) < 4.78 is 50.2. The fraction of sp³-hybridized carbons (Fsp3) is 0.222. The first-order chi connectivity index (χ1) is 28.8. The first kappa shape index (κ1) is 27.9. The molecule has 0 fully saturated rings. The van der Waals surface area contributed by atoms with Crippen molar-refractivity contribution < 1.29 is 8.22 Å². The van der Waals surface area contributed by atoms with E-state index in [-0.39, 0.29) is 16.4 Å². The Morgan fingerprint density at radius 2 is 0.818 bits per heavy atom. The van der Waals surface area contributed by atoms with Gasteiger partial charge in [-0.25, -0.2) is 0 Å². The van der Waals surface area contributed by atoms with E-state index in [1.807, 2.05) is 12.1 Å². The van der Waals surface area contributed by atoms with Gasteiger partial charge in [-0.05, 0) is 125 Å². The second kappa shape index (κ2) is 11.4. The maximum Gasteiger partial charge on any atom is 0.0726 e. The predicted octanol–water partition coefficient (Wildman–Crippen LogP) is 14.4. The van der Waals surface area contributed by atoms with Gasteiger partial charge in [-0.15, -0.1) is 0 Å². The van der Waals surface area contributed by atoms with Gasteiger partial charge < -0.3 is 4.90 Å². The molecule has 0 amide bonds. The standard InChI is InChI=1S/C54H49N/c1-51(2,3)34-21-24-36(25-22-34)55(37-26-29-42-39-15-9-12-18-45(39)53(7,8)48(42)32-37)38-27-30-44-41-17-11-14-20-47(41)54(50(44)33-38)46-19-13-10-16-40(46)43-28-23-35(31-49(43)54)52(4,5)6/h9-33H,1-8H3/i1D3,2D3. The van der Waals surface area contributed by atoms with Crippen LogP contribution in [0.5, 0.6) is 0 Å². The largest absolute Gasteiger partial charge is 0.310 e. The fourth-order valence-corrected chi connectivity index (χ4v) is 9.96. The quantitative estimate of drug-likeness (QED) is 0.176. The molecule has 1 atom stereocenters. The van der Waals surface area contributed by atoms with E-state index >= 15 is 0 Å². The summed E-state index contributed by atoms with van der Waals surface area (Å²) >= 11 is 0. The molecule has 1 spiro atoms. The molecule has 0 aromatic heterocycles. The number of nitrogens with zero attached hydrogens (tertiary/aromatic N) is 1. The molecule has 7 aromatic rings. The number of hydrogen-bond acceptors (Lipinski definition) is 1. The maximum absolute atomic E-state index is 8.37. The average molecular weight is 718 g/mol. The number of hydrogen-bond donors (Lipinski definition) is 0. The van der Waals surface area contributed by atoms with Gasteiger partial charge in [-0.3, -0.25) is 0 Å². The van der Waals surface area contributed by atoms with Gasteiger partial charge in [0.1, 0.15) is 0 Å². The van der Waals surface area contributed by atoms with Crippen LogP contribution in [-0.2, 0) is 21.7 Å². The van der Waals surface area contributed by atoms with Crippen molar-refractivity contribution in [1.82, 2.24) is 0 Å². The van der Waals surface area contributed by atoms with Gasteiger partial charge in [0.2, 0.25) is 0 Å². The molecule has 1 nitrogen and oxygen atoms in total. The fourth-order valence-electron chi connectivity index (χ4n) is 9.96. The summed E-state index contributed by atoms with van der Waals surface area (Å²) in [6, 6.07) is 54.0. The Balaban J connectivity index is 1.23. The Hall–Kier alpha value is -5.66. The average Bonchev–Trinajstić information content (AvgIpc) is 3.78. The van der Waals surface area contributed by atoms with Crippen molar-refractivity contribution in [2.45, 2.75) is 76.9 Å². The Morgan fingerprint density at radius 1 is 0.400 bits per heavy atom. The van der Waals surface area contributed by atoms with E-state index in [1.54, 1.807) is 12.1 Å². The molecule has 3 aliphatic carbocycles. The molecule has 0 radical (unpaired) electrons. The molecule has 0 aliphatic heterocycles. The van der Waals surface area contributed by atoms with Crippen molar-refractivity contribution in [3.05, 3.63) is 196 Å². The Bertz CT molecular complexity index is 2900. The summed E-state index contributed by atoms with van der Waals surface area (Å²) in [4.78, 5) is 2.25. The second-order valence-electron chi connectivity index (χ2n) is 17.5. The van der Waals surface area contributed by atoms with Gasteiger partial charge in [0, 0.05) is 30.7 Å². The summed E-state index contributed by atoms with van der Waals surface area (Å²) in [5.41, 5.74) is 16.2. The molecule has 0 heterocycles. The number of benzene rings is 7. The zero-order valence-corrected chi connectivity index (χ0v) is 32.4. The predicted molar refractivity (Wildman–Crippen MR) is 232 cm³/mol. The first-order valence-corrected chi connectivity index (χ1v) is 19.4.